The van der Waals surface area contributed by atoms with Gasteiger partial charge in [0, 0.05) is 23.1 Å². The Morgan fingerprint density at radius 2 is 2.50 bits per heavy atom. The summed E-state index contributed by atoms with van der Waals surface area (Å²) >= 11 is 3.69. The number of thiophene rings is 1. The van der Waals surface area contributed by atoms with Crippen molar-refractivity contribution in [2.75, 3.05) is 5.75 Å². The third-order valence-corrected chi connectivity index (χ3v) is 4.59. The molecule has 1 aromatic heterocycles. The highest BCUT2D eigenvalue weighted by atomic mass is 32.2. The van der Waals surface area contributed by atoms with E-state index in [4.69, 9.17) is 0 Å². The van der Waals surface area contributed by atoms with Crippen LogP contribution in [-0.4, -0.2) is 23.0 Å². The molecule has 2 unspecified atom stereocenters. The van der Waals surface area contributed by atoms with Crippen molar-refractivity contribution in [2.24, 2.45) is 4.99 Å². The van der Waals surface area contributed by atoms with E-state index in [1.807, 2.05) is 23.1 Å². The Bertz CT molecular complexity index is 346. The van der Waals surface area contributed by atoms with Gasteiger partial charge in [0.2, 0.25) is 0 Å². The van der Waals surface area contributed by atoms with E-state index in [1.165, 1.54) is 4.88 Å². The van der Waals surface area contributed by atoms with Crippen molar-refractivity contribution in [3.63, 3.8) is 0 Å². The van der Waals surface area contributed by atoms with Gasteiger partial charge >= 0.3 is 0 Å². The SMILES string of the molecule is CCC1CSC(NC(C)Cc2cccs2)=N1. The second-order valence-corrected chi connectivity index (χ2v) is 6.18. The van der Waals surface area contributed by atoms with E-state index in [9.17, 15) is 0 Å². The predicted molar refractivity (Wildman–Crippen MR) is 74.6 cm³/mol. The molecule has 0 amide bonds. The smallest absolute Gasteiger partial charge is 0.157 e. The van der Waals surface area contributed by atoms with Crippen molar-refractivity contribution < 1.29 is 0 Å². The number of rotatable bonds is 4. The Hall–Kier alpha value is -0.480. The zero-order chi connectivity index (χ0) is 11.4. The molecule has 0 aliphatic carbocycles. The zero-order valence-electron chi connectivity index (χ0n) is 9.77. The zero-order valence-corrected chi connectivity index (χ0v) is 11.4. The first-order valence-electron chi connectivity index (χ1n) is 5.77. The number of aliphatic imine (C=N–C) groups is 1. The topological polar surface area (TPSA) is 24.4 Å². The standard InChI is InChI=1S/C12H18N2S2/c1-3-10-8-16-12(14-10)13-9(2)7-11-5-4-6-15-11/h4-6,9-10H,3,7-8H2,1-2H3,(H,13,14). The Labute approximate surface area is 106 Å². The molecule has 0 saturated heterocycles. The minimum Gasteiger partial charge on any atom is -0.362 e. The average molecular weight is 254 g/mol. The van der Waals surface area contributed by atoms with Crippen LogP contribution in [0.5, 0.6) is 0 Å². The van der Waals surface area contributed by atoms with Crippen molar-refractivity contribution >= 4 is 28.3 Å². The predicted octanol–water partition coefficient (Wildman–Crippen LogP) is 3.15. The fourth-order valence-corrected chi connectivity index (χ4v) is 3.70. The van der Waals surface area contributed by atoms with E-state index in [2.05, 4.69) is 41.7 Å². The van der Waals surface area contributed by atoms with Crippen LogP contribution in [0.3, 0.4) is 0 Å². The molecule has 1 aliphatic rings. The lowest BCUT2D eigenvalue weighted by atomic mass is 10.2. The second-order valence-electron chi connectivity index (χ2n) is 4.14. The molecule has 0 bridgehead atoms. The molecule has 0 aromatic carbocycles. The van der Waals surface area contributed by atoms with Gasteiger partial charge in [-0.1, -0.05) is 24.8 Å². The molecule has 88 valence electrons. The number of amidine groups is 1. The lowest BCUT2D eigenvalue weighted by Gasteiger charge is -2.13. The molecule has 1 aromatic rings. The number of hydrogen-bond donors (Lipinski definition) is 1. The van der Waals surface area contributed by atoms with Gasteiger partial charge in [-0.3, -0.25) is 4.99 Å². The fourth-order valence-electron chi connectivity index (χ4n) is 1.70. The molecule has 0 fully saturated rings. The van der Waals surface area contributed by atoms with Gasteiger partial charge in [-0.25, -0.2) is 0 Å². The molecular weight excluding hydrogens is 236 g/mol. The highest BCUT2D eigenvalue weighted by Crippen LogP contribution is 2.19. The van der Waals surface area contributed by atoms with Gasteiger partial charge in [-0.2, -0.15) is 0 Å². The Kier molecular flexibility index (Phi) is 4.29. The van der Waals surface area contributed by atoms with Crippen LogP contribution in [-0.2, 0) is 6.42 Å². The molecule has 2 nitrogen and oxygen atoms in total. The van der Waals surface area contributed by atoms with Gasteiger partial charge in [-0.15, -0.1) is 11.3 Å². The number of nitrogens with one attached hydrogen (secondary N) is 1. The molecule has 2 rings (SSSR count). The second kappa shape index (κ2) is 5.73. The first-order valence-corrected chi connectivity index (χ1v) is 7.64. The lowest BCUT2D eigenvalue weighted by molar-refractivity contribution is 0.664. The summed E-state index contributed by atoms with van der Waals surface area (Å²) in [6, 6.07) is 5.31. The summed E-state index contributed by atoms with van der Waals surface area (Å²) in [5.41, 5.74) is 0. The Morgan fingerprint density at radius 3 is 3.12 bits per heavy atom. The van der Waals surface area contributed by atoms with Gasteiger partial charge in [0.05, 0.1) is 6.04 Å². The summed E-state index contributed by atoms with van der Waals surface area (Å²) in [7, 11) is 0. The number of thioether (sulfide) groups is 1. The summed E-state index contributed by atoms with van der Waals surface area (Å²) < 4.78 is 0. The van der Waals surface area contributed by atoms with Crippen LogP contribution in [0.4, 0.5) is 0 Å². The van der Waals surface area contributed by atoms with Gasteiger partial charge < -0.3 is 5.32 Å². The lowest BCUT2D eigenvalue weighted by Crippen LogP contribution is -2.31. The average Bonchev–Trinajstić information content (AvgIpc) is 2.89. The maximum absolute atomic E-state index is 4.65. The van der Waals surface area contributed by atoms with E-state index in [-0.39, 0.29) is 0 Å². The quantitative estimate of drug-likeness (QED) is 0.892. The van der Waals surface area contributed by atoms with Crippen LogP contribution < -0.4 is 5.32 Å². The first-order chi connectivity index (χ1) is 7.78. The molecule has 0 saturated carbocycles. The summed E-state index contributed by atoms with van der Waals surface area (Å²) in [6.45, 7) is 4.43. The van der Waals surface area contributed by atoms with Gasteiger partial charge in [0.1, 0.15) is 0 Å². The molecule has 1 aliphatic heterocycles. The van der Waals surface area contributed by atoms with E-state index >= 15 is 0 Å². The molecule has 4 heteroatoms. The third kappa shape index (κ3) is 3.25. The Morgan fingerprint density at radius 1 is 1.62 bits per heavy atom. The van der Waals surface area contributed by atoms with Crippen LogP contribution in [0, 0.1) is 0 Å². The minimum absolute atomic E-state index is 0.473. The van der Waals surface area contributed by atoms with Crippen LogP contribution in [0.2, 0.25) is 0 Å². The molecule has 16 heavy (non-hydrogen) atoms. The van der Waals surface area contributed by atoms with Crippen molar-refractivity contribution in [1.29, 1.82) is 0 Å². The largest absolute Gasteiger partial charge is 0.362 e. The highest BCUT2D eigenvalue weighted by molar-refractivity contribution is 8.14. The fraction of sp³-hybridized carbons (Fsp3) is 0.583. The van der Waals surface area contributed by atoms with Crippen LogP contribution >= 0.6 is 23.1 Å². The van der Waals surface area contributed by atoms with E-state index in [0.29, 0.717) is 12.1 Å². The normalized spacial score (nSPS) is 21.9. The first kappa shape index (κ1) is 12.0. The summed E-state index contributed by atoms with van der Waals surface area (Å²) in [4.78, 5) is 6.09. The molecule has 1 N–H and O–H groups in total. The monoisotopic (exact) mass is 254 g/mol. The summed E-state index contributed by atoms with van der Waals surface area (Å²) in [6.07, 6.45) is 2.24. The summed E-state index contributed by atoms with van der Waals surface area (Å²) in [5.74, 6) is 1.14. The van der Waals surface area contributed by atoms with Gasteiger partial charge in [0.25, 0.3) is 0 Å². The van der Waals surface area contributed by atoms with E-state index in [0.717, 1.165) is 23.8 Å². The number of hydrogen-bond acceptors (Lipinski definition) is 4. The van der Waals surface area contributed by atoms with Crippen LogP contribution in [0.25, 0.3) is 0 Å². The molecule has 0 spiro atoms. The highest BCUT2D eigenvalue weighted by Gasteiger charge is 2.17. The molecular formula is C12H18N2S2. The van der Waals surface area contributed by atoms with Gasteiger partial charge in [0.15, 0.2) is 5.17 Å². The van der Waals surface area contributed by atoms with Crippen molar-refractivity contribution in [1.82, 2.24) is 5.32 Å². The minimum atomic E-state index is 0.473. The van der Waals surface area contributed by atoms with Crippen molar-refractivity contribution in [3.8, 4) is 0 Å². The van der Waals surface area contributed by atoms with Crippen molar-refractivity contribution in [2.45, 2.75) is 38.8 Å². The molecule has 2 heterocycles. The van der Waals surface area contributed by atoms with Gasteiger partial charge in [-0.05, 0) is 24.8 Å². The van der Waals surface area contributed by atoms with E-state index < -0.39 is 0 Å². The maximum atomic E-state index is 4.65. The summed E-state index contributed by atoms with van der Waals surface area (Å²) in [5, 5.41) is 6.77. The van der Waals surface area contributed by atoms with E-state index in [1.54, 1.807) is 0 Å². The molecule has 2 atom stereocenters. The van der Waals surface area contributed by atoms with Crippen LogP contribution in [0.15, 0.2) is 22.5 Å². The van der Waals surface area contributed by atoms with Crippen molar-refractivity contribution in [3.05, 3.63) is 22.4 Å². The Balaban J connectivity index is 1.81. The van der Waals surface area contributed by atoms with Crippen LogP contribution in [0.1, 0.15) is 25.1 Å². The molecule has 0 radical (unpaired) electrons. The number of nitrogens with zero attached hydrogens (tertiary/aromatic N) is 1. The maximum Gasteiger partial charge on any atom is 0.157 e. The third-order valence-electron chi connectivity index (χ3n) is 2.64.